The van der Waals surface area contributed by atoms with Crippen molar-refractivity contribution in [3.63, 3.8) is 0 Å². The molecule has 0 unspecified atom stereocenters. The van der Waals surface area contributed by atoms with Crippen LogP contribution >= 0.6 is 23.8 Å². The number of aryl methyl sites for hydroxylation is 2. The molecule has 3 nitrogen and oxygen atoms in total. The summed E-state index contributed by atoms with van der Waals surface area (Å²) in [6, 6.07) is 9.83. The molecule has 0 aliphatic heterocycles. The van der Waals surface area contributed by atoms with E-state index in [1.807, 2.05) is 24.3 Å². The summed E-state index contributed by atoms with van der Waals surface area (Å²) in [5, 5.41) is 4.06. The molecule has 1 aromatic heterocycles. The van der Waals surface area contributed by atoms with Crippen LogP contribution in [0.5, 0.6) is 0 Å². The molecule has 5 heteroatoms. The third-order valence-corrected chi connectivity index (χ3v) is 4.12. The number of pyridine rings is 1. The average Bonchev–Trinajstić information content (AvgIpc) is 2.91. The van der Waals surface area contributed by atoms with E-state index in [1.54, 1.807) is 0 Å². The highest BCUT2D eigenvalue weighted by Gasteiger charge is 2.17. The van der Waals surface area contributed by atoms with Crippen LogP contribution in [-0.2, 0) is 19.4 Å². The normalized spacial score (nSPS) is 13.0. The van der Waals surface area contributed by atoms with Gasteiger partial charge in [0.25, 0.3) is 0 Å². The summed E-state index contributed by atoms with van der Waals surface area (Å²) >= 11 is 11.1. The molecule has 0 saturated heterocycles. The Kier molecular flexibility index (Phi) is 4.08. The monoisotopic (exact) mass is 317 g/mol. The van der Waals surface area contributed by atoms with Gasteiger partial charge in [-0.3, -0.25) is 0 Å². The van der Waals surface area contributed by atoms with Gasteiger partial charge >= 0.3 is 0 Å². The number of benzene rings is 1. The molecule has 21 heavy (non-hydrogen) atoms. The van der Waals surface area contributed by atoms with Gasteiger partial charge < -0.3 is 11.1 Å². The van der Waals surface area contributed by atoms with Gasteiger partial charge in [0.2, 0.25) is 0 Å². The molecule has 1 heterocycles. The number of nitrogens with zero attached hydrogens (tertiary/aromatic N) is 1. The first-order chi connectivity index (χ1) is 10.1. The van der Waals surface area contributed by atoms with E-state index in [0.717, 1.165) is 46.9 Å². The van der Waals surface area contributed by atoms with Gasteiger partial charge in [-0.2, -0.15) is 0 Å². The lowest BCUT2D eigenvalue weighted by Gasteiger charge is -2.13. The minimum absolute atomic E-state index is 0.380. The van der Waals surface area contributed by atoms with Crippen molar-refractivity contribution in [2.24, 2.45) is 5.73 Å². The zero-order valence-corrected chi connectivity index (χ0v) is 13.1. The Labute approximate surface area is 134 Å². The molecule has 0 amide bonds. The van der Waals surface area contributed by atoms with E-state index in [2.05, 4.69) is 11.4 Å². The summed E-state index contributed by atoms with van der Waals surface area (Å²) in [6.07, 6.45) is 3.24. The molecule has 2 aromatic rings. The standard InChI is InChI=1S/C16H16ClN3S/c17-12-5-1-3-10(7-12)9-19-16-13(15(18)21)8-11-4-2-6-14(11)20-16/h1,3,5,7-8H,2,4,6,9H2,(H2,18,21)(H,19,20). The zero-order valence-electron chi connectivity index (χ0n) is 11.5. The first-order valence-electron chi connectivity index (χ1n) is 6.94. The lowest BCUT2D eigenvalue weighted by molar-refractivity contribution is 0.899. The number of hydrogen-bond acceptors (Lipinski definition) is 3. The predicted octanol–water partition coefficient (Wildman–Crippen LogP) is 3.47. The number of hydrogen-bond donors (Lipinski definition) is 2. The highest BCUT2D eigenvalue weighted by molar-refractivity contribution is 7.80. The Morgan fingerprint density at radius 2 is 2.19 bits per heavy atom. The Hall–Kier alpha value is -1.65. The number of nitrogens with two attached hydrogens (primary N) is 1. The topological polar surface area (TPSA) is 50.9 Å². The number of thiocarbonyl (C=S) groups is 1. The second kappa shape index (κ2) is 6.00. The first-order valence-corrected chi connectivity index (χ1v) is 7.73. The van der Waals surface area contributed by atoms with Crippen molar-refractivity contribution in [3.05, 3.63) is 57.7 Å². The van der Waals surface area contributed by atoms with Crippen LogP contribution in [0.1, 0.15) is 28.8 Å². The van der Waals surface area contributed by atoms with Crippen molar-refractivity contribution >= 4 is 34.6 Å². The second-order valence-electron chi connectivity index (χ2n) is 5.19. The van der Waals surface area contributed by atoms with E-state index in [1.165, 1.54) is 5.56 Å². The Morgan fingerprint density at radius 3 is 2.95 bits per heavy atom. The van der Waals surface area contributed by atoms with E-state index < -0.39 is 0 Å². The van der Waals surface area contributed by atoms with Gasteiger partial charge in [0, 0.05) is 17.3 Å². The van der Waals surface area contributed by atoms with Gasteiger partial charge in [0.1, 0.15) is 10.8 Å². The number of halogens is 1. The summed E-state index contributed by atoms with van der Waals surface area (Å²) in [7, 11) is 0. The molecule has 0 spiro atoms. The Morgan fingerprint density at radius 1 is 1.33 bits per heavy atom. The fourth-order valence-electron chi connectivity index (χ4n) is 2.63. The highest BCUT2D eigenvalue weighted by atomic mass is 35.5. The van der Waals surface area contributed by atoms with Crippen LogP contribution in [0.3, 0.4) is 0 Å². The maximum atomic E-state index is 6.00. The molecule has 0 radical (unpaired) electrons. The molecule has 0 bridgehead atoms. The summed E-state index contributed by atoms with van der Waals surface area (Å²) in [5.41, 5.74) is 10.2. The summed E-state index contributed by atoms with van der Waals surface area (Å²) in [6.45, 7) is 0.641. The van der Waals surface area contributed by atoms with Crippen molar-refractivity contribution in [2.45, 2.75) is 25.8 Å². The minimum Gasteiger partial charge on any atom is -0.389 e. The van der Waals surface area contributed by atoms with Crippen LogP contribution in [0, 0.1) is 0 Å². The second-order valence-corrected chi connectivity index (χ2v) is 6.07. The highest BCUT2D eigenvalue weighted by Crippen LogP contribution is 2.25. The van der Waals surface area contributed by atoms with Crippen molar-refractivity contribution in [1.82, 2.24) is 4.98 Å². The number of nitrogens with one attached hydrogen (secondary N) is 1. The Bertz CT molecular complexity index is 700. The molecule has 108 valence electrons. The van der Waals surface area contributed by atoms with E-state index in [0.29, 0.717) is 11.5 Å². The molecule has 0 fully saturated rings. The summed E-state index contributed by atoms with van der Waals surface area (Å²) in [5.74, 6) is 0.767. The molecule has 3 N–H and O–H groups in total. The lowest BCUT2D eigenvalue weighted by Crippen LogP contribution is -2.15. The van der Waals surface area contributed by atoms with Crippen LogP contribution in [0.15, 0.2) is 30.3 Å². The maximum Gasteiger partial charge on any atom is 0.136 e. The maximum absolute atomic E-state index is 6.00. The van der Waals surface area contributed by atoms with Crippen LogP contribution in [0.25, 0.3) is 0 Å². The largest absolute Gasteiger partial charge is 0.389 e. The van der Waals surface area contributed by atoms with Gasteiger partial charge in [-0.15, -0.1) is 0 Å². The van der Waals surface area contributed by atoms with E-state index in [4.69, 9.17) is 34.5 Å². The van der Waals surface area contributed by atoms with Crippen molar-refractivity contribution < 1.29 is 0 Å². The molecular formula is C16H16ClN3S. The molecule has 0 saturated carbocycles. The predicted molar refractivity (Wildman–Crippen MR) is 90.9 cm³/mol. The third-order valence-electron chi connectivity index (χ3n) is 3.67. The van der Waals surface area contributed by atoms with Crippen LogP contribution in [0.4, 0.5) is 5.82 Å². The van der Waals surface area contributed by atoms with Crippen LogP contribution in [-0.4, -0.2) is 9.97 Å². The number of fused-ring (bicyclic) bond motifs is 1. The van der Waals surface area contributed by atoms with E-state index in [-0.39, 0.29) is 0 Å². The quantitative estimate of drug-likeness (QED) is 0.848. The van der Waals surface area contributed by atoms with Gasteiger partial charge in [-0.05, 0) is 48.6 Å². The van der Waals surface area contributed by atoms with Gasteiger partial charge in [0.15, 0.2) is 0 Å². The van der Waals surface area contributed by atoms with Gasteiger partial charge in [0.05, 0.1) is 5.56 Å². The molecule has 1 aliphatic carbocycles. The van der Waals surface area contributed by atoms with Crippen molar-refractivity contribution in [1.29, 1.82) is 0 Å². The molecule has 1 aromatic carbocycles. The first kappa shape index (κ1) is 14.3. The van der Waals surface area contributed by atoms with E-state index in [9.17, 15) is 0 Å². The molecule has 3 rings (SSSR count). The number of rotatable bonds is 4. The minimum atomic E-state index is 0.380. The molecular weight excluding hydrogens is 302 g/mol. The average molecular weight is 318 g/mol. The fourth-order valence-corrected chi connectivity index (χ4v) is 3.00. The van der Waals surface area contributed by atoms with E-state index >= 15 is 0 Å². The smallest absolute Gasteiger partial charge is 0.136 e. The van der Waals surface area contributed by atoms with Crippen molar-refractivity contribution in [3.8, 4) is 0 Å². The zero-order chi connectivity index (χ0) is 14.8. The number of aromatic nitrogens is 1. The Balaban J connectivity index is 1.86. The molecule has 1 aliphatic rings. The van der Waals surface area contributed by atoms with Crippen LogP contribution < -0.4 is 11.1 Å². The van der Waals surface area contributed by atoms with Gasteiger partial charge in [-0.1, -0.05) is 36.0 Å². The third kappa shape index (κ3) is 3.17. The number of anilines is 1. The van der Waals surface area contributed by atoms with Gasteiger partial charge in [-0.25, -0.2) is 4.98 Å². The lowest BCUT2D eigenvalue weighted by atomic mass is 10.1. The SMILES string of the molecule is NC(=S)c1cc2c(nc1NCc1cccc(Cl)c1)CCC2. The van der Waals surface area contributed by atoms with Crippen LogP contribution in [0.2, 0.25) is 5.02 Å². The fraction of sp³-hybridized carbons (Fsp3) is 0.250. The summed E-state index contributed by atoms with van der Waals surface area (Å²) in [4.78, 5) is 5.08. The summed E-state index contributed by atoms with van der Waals surface area (Å²) < 4.78 is 0. The molecule has 0 atom stereocenters. The van der Waals surface area contributed by atoms with Crippen molar-refractivity contribution in [2.75, 3.05) is 5.32 Å².